The van der Waals surface area contributed by atoms with Crippen LogP contribution in [0, 0.1) is 11.8 Å². The van der Waals surface area contributed by atoms with Crippen molar-refractivity contribution in [2.24, 2.45) is 11.8 Å². The van der Waals surface area contributed by atoms with E-state index in [9.17, 15) is 8.42 Å². The van der Waals surface area contributed by atoms with Gasteiger partial charge >= 0.3 is 0 Å². The molecule has 1 aliphatic carbocycles. The highest BCUT2D eigenvalue weighted by atomic mass is 32.2. The van der Waals surface area contributed by atoms with E-state index in [0.717, 1.165) is 42.7 Å². The Morgan fingerprint density at radius 1 is 1.04 bits per heavy atom. The first kappa shape index (κ1) is 19.6. The van der Waals surface area contributed by atoms with Gasteiger partial charge in [0, 0.05) is 13.1 Å². The third-order valence-corrected chi connectivity index (χ3v) is 8.15. The molecular formula is C22H31N3O2S. The van der Waals surface area contributed by atoms with Crippen molar-refractivity contribution in [1.82, 2.24) is 14.5 Å². The molecular weight excluding hydrogens is 370 g/mol. The SMILES string of the molecule is CCS(=O)(=O)c1ncc(CN2CC[C@@H]3CCCC[C@H]3C2)n1Cc1ccccc1. The van der Waals surface area contributed by atoms with E-state index >= 15 is 0 Å². The lowest BCUT2D eigenvalue weighted by Gasteiger charge is -2.41. The summed E-state index contributed by atoms with van der Waals surface area (Å²) >= 11 is 0. The van der Waals surface area contributed by atoms with Gasteiger partial charge in [-0.3, -0.25) is 4.90 Å². The van der Waals surface area contributed by atoms with Crippen LogP contribution in [-0.2, 0) is 22.9 Å². The minimum Gasteiger partial charge on any atom is -0.313 e. The van der Waals surface area contributed by atoms with E-state index in [2.05, 4.69) is 9.88 Å². The van der Waals surface area contributed by atoms with Crippen LogP contribution in [0.4, 0.5) is 0 Å². The topological polar surface area (TPSA) is 55.2 Å². The molecule has 28 heavy (non-hydrogen) atoms. The summed E-state index contributed by atoms with van der Waals surface area (Å²) in [5, 5.41) is 0.210. The van der Waals surface area contributed by atoms with E-state index in [-0.39, 0.29) is 10.9 Å². The van der Waals surface area contributed by atoms with Crippen molar-refractivity contribution >= 4 is 9.84 Å². The van der Waals surface area contributed by atoms with E-state index in [1.54, 1.807) is 13.1 Å². The first-order chi connectivity index (χ1) is 13.6. The lowest BCUT2D eigenvalue weighted by Crippen LogP contribution is -2.41. The lowest BCUT2D eigenvalue weighted by molar-refractivity contribution is 0.0804. The summed E-state index contributed by atoms with van der Waals surface area (Å²) in [5.74, 6) is 1.79. The molecule has 4 rings (SSSR count). The summed E-state index contributed by atoms with van der Waals surface area (Å²) in [6.45, 7) is 5.25. The number of aromatic nitrogens is 2. The second kappa shape index (κ2) is 8.37. The molecule has 1 saturated carbocycles. The summed E-state index contributed by atoms with van der Waals surface area (Å²) in [6, 6.07) is 10.1. The number of likely N-dealkylation sites (tertiary alicyclic amines) is 1. The molecule has 1 aliphatic heterocycles. The summed E-state index contributed by atoms with van der Waals surface area (Å²) in [7, 11) is -3.35. The Bertz CT molecular complexity index is 892. The highest BCUT2D eigenvalue weighted by Crippen LogP contribution is 2.36. The van der Waals surface area contributed by atoms with Gasteiger partial charge in [-0.2, -0.15) is 0 Å². The van der Waals surface area contributed by atoms with Gasteiger partial charge in [0.2, 0.25) is 15.0 Å². The molecule has 5 nitrogen and oxygen atoms in total. The number of imidazole rings is 1. The fraction of sp³-hybridized carbons (Fsp3) is 0.591. The number of hydrogen-bond donors (Lipinski definition) is 0. The van der Waals surface area contributed by atoms with Crippen LogP contribution in [0.25, 0.3) is 0 Å². The molecule has 152 valence electrons. The van der Waals surface area contributed by atoms with Gasteiger partial charge in [-0.25, -0.2) is 13.4 Å². The van der Waals surface area contributed by atoms with Crippen molar-refractivity contribution in [2.45, 2.75) is 57.3 Å². The summed E-state index contributed by atoms with van der Waals surface area (Å²) in [6.07, 6.45) is 8.54. The van der Waals surface area contributed by atoms with Crippen molar-refractivity contribution in [3.63, 3.8) is 0 Å². The standard InChI is InChI=1S/C22H31N3O2S/c1-2-28(26,27)22-23-14-21(25(22)15-18-8-4-3-5-9-18)17-24-13-12-19-10-6-7-11-20(19)16-24/h3-5,8-9,14,19-20H,2,6-7,10-13,15-17H2,1H3/t19-,20-/m0/s1. The van der Waals surface area contributed by atoms with Crippen molar-refractivity contribution in [2.75, 3.05) is 18.8 Å². The van der Waals surface area contributed by atoms with Crippen molar-refractivity contribution in [3.8, 4) is 0 Å². The van der Waals surface area contributed by atoms with E-state index < -0.39 is 9.84 Å². The molecule has 2 fully saturated rings. The Morgan fingerprint density at radius 3 is 2.54 bits per heavy atom. The molecule has 0 radical (unpaired) electrons. The van der Waals surface area contributed by atoms with Gasteiger partial charge in [0.25, 0.3) is 0 Å². The predicted octanol–water partition coefficient (Wildman–Crippen LogP) is 3.74. The second-order valence-electron chi connectivity index (χ2n) is 8.34. The zero-order valence-electron chi connectivity index (χ0n) is 16.8. The molecule has 6 heteroatoms. The molecule has 0 amide bonds. The maximum Gasteiger partial charge on any atom is 0.228 e. The van der Waals surface area contributed by atoms with Gasteiger partial charge < -0.3 is 4.57 Å². The quantitative estimate of drug-likeness (QED) is 0.740. The first-order valence-electron chi connectivity index (χ1n) is 10.6. The van der Waals surface area contributed by atoms with Gasteiger partial charge in [0.05, 0.1) is 24.2 Å². The van der Waals surface area contributed by atoms with Gasteiger partial charge in [-0.05, 0) is 36.8 Å². The van der Waals surface area contributed by atoms with Crippen LogP contribution >= 0.6 is 0 Å². The lowest BCUT2D eigenvalue weighted by atomic mass is 9.75. The Labute approximate surface area is 168 Å². The van der Waals surface area contributed by atoms with Crippen molar-refractivity contribution in [3.05, 3.63) is 47.8 Å². The highest BCUT2D eigenvalue weighted by molar-refractivity contribution is 7.91. The summed E-state index contributed by atoms with van der Waals surface area (Å²) in [4.78, 5) is 6.86. The van der Waals surface area contributed by atoms with Gasteiger partial charge in [0.15, 0.2) is 0 Å². The average Bonchev–Trinajstić information content (AvgIpc) is 3.11. The van der Waals surface area contributed by atoms with Crippen LogP contribution < -0.4 is 0 Å². The van der Waals surface area contributed by atoms with Crippen molar-refractivity contribution < 1.29 is 8.42 Å². The fourth-order valence-corrected chi connectivity index (χ4v) is 5.87. The summed E-state index contributed by atoms with van der Waals surface area (Å²) < 4.78 is 27.1. The Morgan fingerprint density at radius 2 is 1.79 bits per heavy atom. The fourth-order valence-electron chi connectivity index (χ4n) is 4.88. The zero-order chi connectivity index (χ0) is 19.6. The molecule has 2 aliphatic rings. The minimum atomic E-state index is -3.35. The third kappa shape index (κ3) is 4.18. The Kier molecular flexibility index (Phi) is 5.88. The maximum absolute atomic E-state index is 12.6. The number of piperidine rings is 1. The number of benzene rings is 1. The monoisotopic (exact) mass is 401 g/mol. The van der Waals surface area contributed by atoms with E-state index in [0.29, 0.717) is 6.54 Å². The van der Waals surface area contributed by atoms with E-state index in [4.69, 9.17) is 0 Å². The molecule has 1 saturated heterocycles. The van der Waals surface area contributed by atoms with E-state index in [1.807, 2.05) is 34.9 Å². The zero-order valence-corrected chi connectivity index (χ0v) is 17.6. The molecule has 0 N–H and O–H groups in total. The summed E-state index contributed by atoms with van der Waals surface area (Å²) in [5.41, 5.74) is 2.10. The van der Waals surface area contributed by atoms with Crippen LogP contribution in [0.3, 0.4) is 0 Å². The normalized spacial score (nSPS) is 23.5. The molecule has 2 aromatic rings. The largest absolute Gasteiger partial charge is 0.313 e. The second-order valence-corrected chi connectivity index (χ2v) is 10.5. The van der Waals surface area contributed by atoms with Crippen LogP contribution in [0.1, 0.15) is 50.3 Å². The predicted molar refractivity (Wildman–Crippen MR) is 111 cm³/mol. The molecule has 1 aromatic carbocycles. The number of fused-ring (bicyclic) bond motifs is 1. The molecule has 0 unspecified atom stereocenters. The van der Waals surface area contributed by atoms with Gasteiger partial charge in [0.1, 0.15) is 0 Å². The van der Waals surface area contributed by atoms with Crippen LogP contribution in [0.2, 0.25) is 0 Å². The Balaban J connectivity index is 1.58. The van der Waals surface area contributed by atoms with Crippen LogP contribution in [-0.4, -0.2) is 41.7 Å². The number of nitrogens with zero attached hydrogens (tertiary/aromatic N) is 3. The Hall–Kier alpha value is -1.66. The molecule has 2 atom stereocenters. The number of sulfone groups is 1. The van der Waals surface area contributed by atoms with E-state index in [1.165, 1.54) is 32.1 Å². The average molecular weight is 402 g/mol. The third-order valence-electron chi connectivity index (χ3n) is 6.50. The highest BCUT2D eigenvalue weighted by Gasteiger charge is 2.32. The molecule has 2 heterocycles. The van der Waals surface area contributed by atoms with Gasteiger partial charge in [-0.15, -0.1) is 0 Å². The molecule has 1 aromatic heterocycles. The van der Waals surface area contributed by atoms with Gasteiger partial charge in [-0.1, -0.05) is 56.5 Å². The minimum absolute atomic E-state index is 0.0751. The van der Waals surface area contributed by atoms with Crippen molar-refractivity contribution in [1.29, 1.82) is 0 Å². The van der Waals surface area contributed by atoms with Crippen LogP contribution in [0.15, 0.2) is 41.7 Å². The molecule has 0 bridgehead atoms. The molecule has 0 spiro atoms. The van der Waals surface area contributed by atoms with Crippen LogP contribution in [0.5, 0.6) is 0 Å². The smallest absolute Gasteiger partial charge is 0.228 e. The number of hydrogen-bond acceptors (Lipinski definition) is 4. The first-order valence-corrected chi connectivity index (χ1v) is 12.3. The maximum atomic E-state index is 12.6. The number of rotatable bonds is 6.